The molecule has 9 nitrogen and oxygen atoms in total. The van der Waals surface area contributed by atoms with Crippen LogP contribution in [0.2, 0.25) is 0 Å². The fourth-order valence-electron chi connectivity index (χ4n) is 8.13. The molecule has 67 heavy (non-hydrogen) atoms. The van der Waals surface area contributed by atoms with Crippen molar-refractivity contribution in [1.29, 1.82) is 0 Å². The molecule has 11 rings (SSSR count). The van der Waals surface area contributed by atoms with Gasteiger partial charge in [0.25, 0.3) is 0 Å². The summed E-state index contributed by atoms with van der Waals surface area (Å²) in [6.45, 7) is 8.36. The number of sulfone groups is 1. The number of fused-ring (bicyclic) bond motifs is 6. The number of hydrogen-bond acceptors (Lipinski definition) is 11. The van der Waals surface area contributed by atoms with Crippen LogP contribution in [0, 0.1) is 6.92 Å². The molecule has 0 spiro atoms. The van der Waals surface area contributed by atoms with Crippen molar-refractivity contribution >= 4 is 51.7 Å². The highest BCUT2D eigenvalue weighted by molar-refractivity contribution is 7.99. The second-order valence-corrected chi connectivity index (χ2v) is 20.8. The molecule has 0 aliphatic carbocycles. The molecule has 4 aliphatic rings. The molecule has 0 amide bonds. The third-order valence-electron chi connectivity index (χ3n) is 12.0. The van der Waals surface area contributed by atoms with Crippen molar-refractivity contribution in [2.45, 2.75) is 64.0 Å². The fraction of sp³-hybridized carbons (Fsp3) is 0.204. The lowest BCUT2D eigenvalue weighted by Crippen LogP contribution is -2.30. The van der Waals surface area contributed by atoms with E-state index in [0.29, 0.717) is 54.2 Å². The van der Waals surface area contributed by atoms with Crippen LogP contribution >= 0.6 is 23.5 Å². The standard InChI is InChI=1S/C23H21NO2S2.C23H20O2S.C8H9BO4/c1-16-7-10-21(11-8-16)28(25,26)15-24-17(2)18-9-12-23-20(13-18)14-19-5-3-4-6-22(19)27-23;1-15(17-6-8-20-21(14-17)25-11-10-24-20)16-7-9-23-19(12-16)13-18-4-2-3-5-22(18)26-23;10-9(11)6-1-2-7-8(5-6)13-4-3-12-7/h3-13H,14-15H2,1-2H3;2-9,12,14-15H,10-11,13H2,1H3;1-2,5,10-11H,3-4H2. The number of ether oxygens (including phenoxy) is 4. The second-order valence-electron chi connectivity index (χ2n) is 16.7. The van der Waals surface area contributed by atoms with E-state index in [2.05, 4.69) is 103 Å². The Morgan fingerprint density at radius 2 is 1.10 bits per heavy atom. The Balaban J connectivity index is 0.000000134. The van der Waals surface area contributed by atoms with Crippen LogP contribution in [0.15, 0.2) is 175 Å². The summed E-state index contributed by atoms with van der Waals surface area (Å²) < 4.78 is 47.0. The van der Waals surface area contributed by atoms with E-state index < -0.39 is 17.0 Å². The highest BCUT2D eigenvalue weighted by atomic mass is 32.2. The van der Waals surface area contributed by atoms with Crippen LogP contribution in [-0.4, -0.2) is 63.6 Å². The normalized spacial score (nSPS) is 14.6. The van der Waals surface area contributed by atoms with Gasteiger partial charge in [0.15, 0.2) is 32.8 Å². The summed E-state index contributed by atoms with van der Waals surface area (Å²) in [5.41, 5.74) is 11.2. The van der Waals surface area contributed by atoms with E-state index in [1.165, 1.54) is 53.0 Å². The molecule has 4 aliphatic heterocycles. The molecular formula is C54H50BNO8S3. The molecule has 2 N–H and O–H groups in total. The van der Waals surface area contributed by atoms with Gasteiger partial charge >= 0.3 is 7.12 Å². The zero-order valence-corrected chi connectivity index (χ0v) is 39.9. The zero-order chi connectivity index (χ0) is 46.5. The molecule has 7 aromatic carbocycles. The van der Waals surface area contributed by atoms with E-state index >= 15 is 0 Å². The molecule has 0 saturated carbocycles. The van der Waals surface area contributed by atoms with Gasteiger partial charge in [-0.15, -0.1) is 0 Å². The SMILES string of the molecule is CC(=NCS(=O)(=O)c1ccc(C)cc1)c1ccc2c(c1)Cc1ccccc1S2.CC(c1ccc2c(c1)Cc1ccccc1S2)c1ccc2c(c1)OCCO2.OB(O)c1ccc2c(c1)OCCO2. The molecule has 4 heterocycles. The number of aliphatic imine (C=N–C) groups is 1. The highest BCUT2D eigenvalue weighted by Gasteiger charge is 2.22. The Labute approximate surface area is 401 Å². The van der Waals surface area contributed by atoms with Gasteiger partial charge in [0, 0.05) is 31.2 Å². The molecule has 0 radical (unpaired) electrons. The summed E-state index contributed by atoms with van der Waals surface area (Å²) in [7, 11) is -4.89. The van der Waals surface area contributed by atoms with Crippen LogP contribution in [0.5, 0.6) is 23.0 Å². The van der Waals surface area contributed by atoms with E-state index in [-0.39, 0.29) is 5.88 Å². The van der Waals surface area contributed by atoms with Crippen molar-refractivity contribution in [2.75, 3.05) is 32.3 Å². The van der Waals surface area contributed by atoms with Gasteiger partial charge in [-0.2, -0.15) is 0 Å². The van der Waals surface area contributed by atoms with Gasteiger partial charge in [0.1, 0.15) is 32.3 Å². The van der Waals surface area contributed by atoms with E-state index in [4.69, 9.17) is 29.0 Å². The first kappa shape index (κ1) is 46.2. The number of hydrogen-bond donors (Lipinski definition) is 2. The average molecular weight is 948 g/mol. The van der Waals surface area contributed by atoms with Crippen molar-refractivity contribution in [3.63, 3.8) is 0 Å². The predicted octanol–water partition coefficient (Wildman–Crippen LogP) is 10.1. The molecule has 340 valence electrons. The lowest BCUT2D eigenvalue weighted by Gasteiger charge is -2.23. The molecular weight excluding hydrogens is 898 g/mol. The third-order valence-corrected chi connectivity index (χ3v) is 15.9. The first-order valence-electron chi connectivity index (χ1n) is 22.2. The maximum atomic E-state index is 12.5. The van der Waals surface area contributed by atoms with E-state index in [1.54, 1.807) is 42.1 Å². The van der Waals surface area contributed by atoms with Crippen molar-refractivity contribution in [2.24, 2.45) is 4.99 Å². The number of rotatable bonds is 7. The van der Waals surface area contributed by atoms with Gasteiger partial charge in [0.2, 0.25) is 0 Å². The van der Waals surface area contributed by atoms with Crippen molar-refractivity contribution < 1.29 is 37.4 Å². The summed E-state index contributed by atoms with van der Waals surface area (Å²) in [5, 5.41) is 17.8. The molecule has 0 bridgehead atoms. The Hall–Kier alpha value is -5.96. The number of benzene rings is 7. The van der Waals surface area contributed by atoms with Gasteiger partial charge in [-0.25, -0.2) is 8.42 Å². The smallest absolute Gasteiger partial charge is 0.486 e. The van der Waals surface area contributed by atoms with Crippen LogP contribution in [-0.2, 0) is 22.7 Å². The highest BCUT2D eigenvalue weighted by Crippen LogP contribution is 2.42. The maximum Gasteiger partial charge on any atom is 0.488 e. The van der Waals surface area contributed by atoms with Gasteiger partial charge < -0.3 is 29.0 Å². The largest absolute Gasteiger partial charge is 0.488 e. The first-order chi connectivity index (χ1) is 32.5. The Bertz CT molecular complexity index is 3070. The monoisotopic (exact) mass is 947 g/mol. The minimum atomic E-state index is -3.43. The fourth-order valence-corrected chi connectivity index (χ4v) is 11.3. The van der Waals surface area contributed by atoms with Gasteiger partial charge in [-0.3, -0.25) is 4.99 Å². The summed E-state index contributed by atoms with van der Waals surface area (Å²) in [6.07, 6.45) is 1.90. The lowest BCUT2D eigenvalue weighted by atomic mass is 9.80. The van der Waals surface area contributed by atoms with E-state index in [9.17, 15) is 8.42 Å². The average Bonchev–Trinajstić information content (AvgIpc) is 3.36. The Morgan fingerprint density at radius 3 is 1.73 bits per heavy atom. The van der Waals surface area contributed by atoms with Crippen LogP contribution in [0.3, 0.4) is 0 Å². The zero-order valence-electron chi connectivity index (χ0n) is 37.5. The molecule has 1 unspecified atom stereocenters. The van der Waals surface area contributed by atoms with Crippen molar-refractivity contribution in [3.8, 4) is 23.0 Å². The lowest BCUT2D eigenvalue weighted by molar-refractivity contribution is 0.171. The molecule has 7 aromatic rings. The van der Waals surface area contributed by atoms with Crippen LogP contribution < -0.4 is 24.4 Å². The summed E-state index contributed by atoms with van der Waals surface area (Å²) in [6, 6.07) is 48.4. The number of nitrogens with zero attached hydrogens (tertiary/aromatic N) is 1. The topological polar surface area (TPSA) is 124 Å². The Kier molecular flexibility index (Phi) is 14.1. The minimum absolute atomic E-state index is 0.240. The first-order valence-corrected chi connectivity index (χ1v) is 25.5. The van der Waals surface area contributed by atoms with E-state index in [1.807, 2.05) is 49.9 Å². The molecule has 13 heteroatoms. The summed E-state index contributed by atoms with van der Waals surface area (Å²) in [4.78, 5) is 10.0. The molecule has 1 atom stereocenters. The summed E-state index contributed by atoms with van der Waals surface area (Å²) >= 11 is 3.66. The van der Waals surface area contributed by atoms with Gasteiger partial charge in [-0.05, 0) is 138 Å². The third kappa shape index (κ3) is 10.9. The maximum absolute atomic E-state index is 12.5. The number of aryl methyl sites for hydroxylation is 1. The quantitative estimate of drug-likeness (QED) is 0.118. The minimum Gasteiger partial charge on any atom is -0.486 e. The van der Waals surface area contributed by atoms with Crippen LogP contribution in [0.4, 0.5) is 0 Å². The summed E-state index contributed by atoms with van der Waals surface area (Å²) in [5.74, 6) is 3.01. The van der Waals surface area contributed by atoms with Crippen LogP contribution in [0.1, 0.15) is 64.3 Å². The predicted molar refractivity (Wildman–Crippen MR) is 267 cm³/mol. The van der Waals surface area contributed by atoms with Gasteiger partial charge in [0.05, 0.1) is 4.90 Å². The van der Waals surface area contributed by atoms with Gasteiger partial charge in [-0.1, -0.05) is 115 Å². The molecule has 0 fully saturated rings. The van der Waals surface area contributed by atoms with E-state index in [0.717, 1.165) is 41.2 Å². The van der Waals surface area contributed by atoms with Crippen molar-refractivity contribution in [1.82, 2.24) is 0 Å². The molecule has 0 saturated heterocycles. The Morgan fingerprint density at radius 1 is 0.597 bits per heavy atom. The second kappa shape index (κ2) is 20.5. The van der Waals surface area contributed by atoms with Crippen LogP contribution in [0.25, 0.3) is 0 Å². The van der Waals surface area contributed by atoms with Crippen molar-refractivity contribution in [3.05, 3.63) is 190 Å². The molecule has 0 aromatic heterocycles.